The number of morpholine rings is 1. The second-order valence-electron chi connectivity index (χ2n) is 5.26. The van der Waals surface area contributed by atoms with E-state index in [0.717, 1.165) is 6.07 Å². The van der Waals surface area contributed by atoms with Gasteiger partial charge in [0.15, 0.2) is 0 Å². The fourth-order valence-electron chi connectivity index (χ4n) is 2.49. The molecule has 0 atom stereocenters. The zero-order valence-electron chi connectivity index (χ0n) is 12.6. The van der Waals surface area contributed by atoms with Crippen molar-refractivity contribution in [2.45, 2.75) is 6.18 Å². The third kappa shape index (κ3) is 3.70. The quantitative estimate of drug-likeness (QED) is 0.908. The van der Waals surface area contributed by atoms with E-state index in [1.807, 2.05) is 4.90 Å². The van der Waals surface area contributed by atoms with E-state index < -0.39 is 17.6 Å². The van der Waals surface area contributed by atoms with Crippen LogP contribution < -0.4 is 10.2 Å². The summed E-state index contributed by atoms with van der Waals surface area (Å²) < 4.78 is 45.4. The molecule has 1 amide bonds. The normalized spacial score (nSPS) is 15.4. The van der Waals surface area contributed by atoms with Gasteiger partial charge in [0.1, 0.15) is 0 Å². The number of ether oxygens (including phenoxy) is 1. The number of nitrogens with zero attached hydrogens (tertiary/aromatic N) is 1. The number of thiophene rings is 1. The first-order valence-corrected chi connectivity index (χ1v) is 8.22. The van der Waals surface area contributed by atoms with E-state index in [9.17, 15) is 18.0 Å². The van der Waals surface area contributed by atoms with Gasteiger partial charge in [0.05, 0.1) is 29.3 Å². The summed E-state index contributed by atoms with van der Waals surface area (Å²) in [6.45, 7) is 2.05. The summed E-state index contributed by atoms with van der Waals surface area (Å²) in [7, 11) is 0. The highest BCUT2D eigenvalue weighted by Gasteiger charge is 2.35. The second-order valence-corrected chi connectivity index (χ2v) is 6.21. The van der Waals surface area contributed by atoms with E-state index in [-0.39, 0.29) is 5.69 Å². The summed E-state index contributed by atoms with van der Waals surface area (Å²) in [5.41, 5.74) is -0.617. The van der Waals surface area contributed by atoms with Crippen molar-refractivity contribution in [3.05, 3.63) is 46.2 Å². The number of halogens is 3. The van der Waals surface area contributed by atoms with Crippen LogP contribution in [0.3, 0.4) is 0 Å². The lowest BCUT2D eigenvalue weighted by atomic mass is 10.1. The molecule has 2 aromatic rings. The summed E-state index contributed by atoms with van der Waals surface area (Å²) in [6.07, 6.45) is -4.56. The van der Waals surface area contributed by atoms with E-state index in [2.05, 4.69) is 5.32 Å². The van der Waals surface area contributed by atoms with E-state index in [0.29, 0.717) is 36.9 Å². The fraction of sp³-hybridized carbons (Fsp3) is 0.312. The Morgan fingerprint density at radius 3 is 2.58 bits per heavy atom. The number of carbonyl (C=O) groups excluding carboxylic acids is 1. The van der Waals surface area contributed by atoms with Crippen molar-refractivity contribution in [2.24, 2.45) is 0 Å². The van der Waals surface area contributed by atoms with Gasteiger partial charge in [-0.15, -0.1) is 11.3 Å². The molecule has 0 unspecified atom stereocenters. The number of carbonyl (C=O) groups is 1. The van der Waals surface area contributed by atoms with Crippen molar-refractivity contribution in [1.82, 2.24) is 0 Å². The highest BCUT2D eigenvalue weighted by molar-refractivity contribution is 7.12. The molecule has 1 aliphatic rings. The molecule has 4 nitrogen and oxygen atoms in total. The maximum Gasteiger partial charge on any atom is 0.418 e. The predicted molar refractivity (Wildman–Crippen MR) is 86.7 cm³/mol. The number of hydrogen-bond donors (Lipinski definition) is 1. The molecule has 128 valence electrons. The van der Waals surface area contributed by atoms with E-state index >= 15 is 0 Å². The number of hydrogen-bond acceptors (Lipinski definition) is 4. The van der Waals surface area contributed by atoms with Crippen LogP contribution >= 0.6 is 11.3 Å². The average Bonchev–Trinajstić information content (AvgIpc) is 3.09. The van der Waals surface area contributed by atoms with Crippen molar-refractivity contribution in [3.8, 4) is 0 Å². The molecule has 1 N–H and O–H groups in total. The fourth-order valence-corrected chi connectivity index (χ4v) is 3.10. The van der Waals surface area contributed by atoms with Gasteiger partial charge in [-0.05, 0) is 29.6 Å². The Labute approximate surface area is 140 Å². The molecule has 1 aliphatic heterocycles. The topological polar surface area (TPSA) is 41.6 Å². The second kappa shape index (κ2) is 6.82. The lowest BCUT2D eigenvalue weighted by Gasteiger charge is -2.29. The molecule has 24 heavy (non-hydrogen) atoms. The molecular formula is C16H15F3N2O2S. The van der Waals surface area contributed by atoms with Gasteiger partial charge in [-0.2, -0.15) is 13.2 Å². The molecule has 1 fully saturated rings. The van der Waals surface area contributed by atoms with Crippen molar-refractivity contribution in [3.63, 3.8) is 0 Å². The standard InChI is InChI=1S/C16H15F3N2O2S/c17-16(18,19)12-10-11(21-5-7-23-8-6-21)3-4-13(12)20-15(22)14-2-1-9-24-14/h1-4,9-10H,5-8H2,(H,20,22). The molecule has 2 heterocycles. The number of benzene rings is 1. The summed E-state index contributed by atoms with van der Waals surface area (Å²) in [5.74, 6) is -0.547. The Hall–Kier alpha value is -2.06. The third-order valence-electron chi connectivity index (χ3n) is 3.68. The van der Waals surface area contributed by atoms with Crippen molar-refractivity contribution < 1.29 is 22.7 Å². The SMILES string of the molecule is O=C(Nc1ccc(N2CCOCC2)cc1C(F)(F)F)c1cccs1. The smallest absolute Gasteiger partial charge is 0.378 e. The van der Waals surface area contributed by atoms with Crippen LogP contribution in [0.25, 0.3) is 0 Å². The van der Waals surface area contributed by atoms with E-state index in [1.54, 1.807) is 23.6 Å². The van der Waals surface area contributed by atoms with Gasteiger partial charge in [-0.1, -0.05) is 6.07 Å². The minimum Gasteiger partial charge on any atom is -0.378 e. The zero-order valence-corrected chi connectivity index (χ0v) is 13.4. The first-order chi connectivity index (χ1) is 11.4. The largest absolute Gasteiger partial charge is 0.418 e. The third-order valence-corrected chi connectivity index (χ3v) is 4.55. The Balaban J connectivity index is 1.89. The molecule has 0 radical (unpaired) electrons. The number of anilines is 2. The highest BCUT2D eigenvalue weighted by atomic mass is 32.1. The van der Waals surface area contributed by atoms with Crippen LogP contribution in [0.5, 0.6) is 0 Å². The number of alkyl halides is 3. The number of amides is 1. The van der Waals surface area contributed by atoms with Gasteiger partial charge in [0.25, 0.3) is 5.91 Å². The van der Waals surface area contributed by atoms with E-state index in [1.165, 1.54) is 17.4 Å². The lowest BCUT2D eigenvalue weighted by Crippen LogP contribution is -2.36. The predicted octanol–water partition coefficient (Wildman–Crippen LogP) is 3.86. The van der Waals surface area contributed by atoms with Crippen molar-refractivity contribution in [1.29, 1.82) is 0 Å². The minimum atomic E-state index is -4.56. The maximum absolute atomic E-state index is 13.4. The maximum atomic E-state index is 13.4. The summed E-state index contributed by atoms with van der Waals surface area (Å²) in [5, 5.41) is 4.05. The Morgan fingerprint density at radius 2 is 1.96 bits per heavy atom. The Morgan fingerprint density at radius 1 is 1.21 bits per heavy atom. The van der Waals surface area contributed by atoms with E-state index in [4.69, 9.17) is 4.74 Å². The molecule has 0 bridgehead atoms. The molecule has 0 spiro atoms. The monoisotopic (exact) mass is 356 g/mol. The molecule has 1 saturated heterocycles. The van der Waals surface area contributed by atoms with Gasteiger partial charge in [-0.25, -0.2) is 0 Å². The van der Waals surface area contributed by atoms with Crippen LogP contribution in [0.15, 0.2) is 35.7 Å². The molecule has 8 heteroatoms. The Bertz CT molecular complexity index is 711. The molecule has 1 aromatic heterocycles. The van der Waals surface area contributed by atoms with Crippen LogP contribution in [0, 0.1) is 0 Å². The summed E-state index contributed by atoms with van der Waals surface area (Å²) in [4.78, 5) is 14.2. The summed E-state index contributed by atoms with van der Waals surface area (Å²) >= 11 is 1.17. The van der Waals surface area contributed by atoms with Gasteiger partial charge >= 0.3 is 6.18 Å². The first kappa shape index (κ1) is 16.8. The van der Waals surface area contributed by atoms with Crippen LogP contribution in [0.4, 0.5) is 24.5 Å². The minimum absolute atomic E-state index is 0.238. The number of rotatable bonds is 3. The first-order valence-electron chi connectivity index (χ1n) is 7.34. The van der Waals surface area contributed by atoms with Crippen LogP contribution in [0.1, 0.15) is 15.2 Å². The van der Waals surface area contributed by atoms with Crippen LogP contribution in [0.2, 0.25) is 0 Å². The van der Waals surface area contributed by atoms with Gasteiger partial charge in [-0.3, -0.25) is 4.79 Å². The molecule has 1 aromatic carbocycles. The van der Waals surface area contributed by atoms with Crippen molar-refractivity contribution in [2.75, 3.05) is 36.5 Å². The van der Waals surface area contributed by atoms with Gasteiger partial charge in [0, 0.05) is 18.8 Å². The van der Waals surface area contributed by atoms with Crippen LogP contribution in [-0.4, -0.2) is 32.2 Å². The van der Waals surface area contributed by atoms with Crippen LogP contribution in [-0.2, 0) is 10.9 Å². The summed E-state index contributed by atoms with van der Waals surface area (Å²) in [6, 6.07) is 7.21. The molecule has 3 rings (SSSR count). The van der Waals surface area contributed by atoms with Crippen molar-refractivity contribution >= 4 is 28.6 Å². The highest BCUT2D eigenvalue weighted by Crippen LogP contribution is 2.37. The van der Waals surface area contributed by atoms with Gasteiger partial charge in [0.2, 0.25) is 0 Å². The van der Waals surface area contributed by atoms with Gasteiger partial charge < -0.3 is 15.0 Å². The molecule has 0 aliphatic carbocycles. The Kier molecular flexibility index (Phi) is 4.77. The molecule has 0 saturated carbocycles. The molecular weight excluding hydrogens is 341 g/mol. The average molecular weight is 356 g/mol. The zero-order chi connectivity index (χ0) is 17.2. The number of nitrogens with one attached hydrogen (secondary N) is 1. The lowest BCUT2D eigenvalue weighted by molar-refractivity contribution is -0.136.